The number of hydrogen-bond acceptors (Lipinski definition) is 2. The lowest BCUT2D eigenvalue weighted by Crippen LogP contribution is -2.34. The van der Waals surface area contributed by atoms with Crippen LogP contribution >= 0.6 is 0 Å². The summed E-state index contributed by atoms with van der Waals surface area (Å²) in [6.07, 6.45) is 5.34. The summed E-state index contributed by atoms with van der Waals surface area (Å²) < 4.78 is 1.97. The molecule has 1 aliphatic rings. The molecule has 1 aromatic heterocycles. The molecule has 0 spiro atoms. The minimum Gasteiger partial charge on any atom is -0.310 e. The highest BCUT2D eigenvalue weighted by molar-refractivity contribution is 5.12. The monoisotopic (exact) mass is 151 g/mol. The van der Waals surface area contributed by atoms with Gasteiger partial charge in [0, 0.05) is 24.3 Å². The fourth-order valence-electron chi connectivity index (χ4n) is 1.31. The van der Waals surface area contributed by atoms with Crippen LogP contribution in [0.25, 0.3) is 0 Å². The van der Waals surface area contributed by atoms with Gasteiger partial charge in [0.15, 0.2) is 0 Å². The van der Waals surface area contributed by atoms with Crippen LogP contribution in [-0.4, -0.2) is 16.3 Å². The quantitative estimate of drug-likeness (QED) is 0.681. The van der Waals surface area contributed by atoms with E-state index in [0.717, 1.165) is 13.1 Å². The summed E-state index contributed by atoms with van der Waals surface area (Å²) in [5.41, 5.74) is 1.33. The fourth-order valence-corrected chi connectivity index (χ4v) is 1.31. The van der Waals surface area contributed by atoms with E-state index in [1.54, 1.807) is 0 Å². The van der Waals surface area contributed by atoms with Gasteiger partial charge in [-0.2, -0.15) is 5.10 Å². The maximum Gasteiger partial charge on any atom is 0.0537 e. The highest BCUT2D eigenvalue weighted by Crippen LogP contribution is 2.21. The second-order valence-corrected chi connectivity index (χ2v) is 2.92. The lowest BCUT2D eigenvalue weighted by atomic mass is 10.0. The number of aromatic nitrogens is 2. The number of rotatable bonds is 2. The van der Waals surface area contributed by atoms with Gasteiger partial charge < -0.3 is 5.32 Å². The van der Waals surface area contributed by atoms with Crippen LogP contribution in [0.5, 0.6) is 0 Å². The Morgan fingerprint density at radius 3 is 3.09 bits per heavy atom. The summed E-state index contributed by atoms with van der Waals surface area (Å²) in [7, 11) is 0. The third-order valence-electron chi connectivity index (χ3n) is 2.20. The van der Waals surface area contributed by atoms with Crippen LogP contribution < -0.4 is 5.32 Å². The molecule has 1 atom stereocenters. The highest BCUT2D eigenvalue weighted by Gasteiger charge is 2.19. The van der Waals surface area contributed by atoms with Gasteiger partial charge in [-0.15, -0.1) is 0 Å². The summed E-state index contributed by atoms with van der Waals surface area (Å²) in [6, 6.07) is 0.579. The molecule has 0 radical (unpaired) electrons. The van der Waals surface area contributed by atoms with Crippen molar-refractivity contribution >= 4 is 0 Å². The van der Waals surface area contributed by atoms with Crippen molar-refractivity contribution in [2.75, 3.05) is 6.54 Å². The molecule has 11 heavy (non-hydrogen) atoms. The first-order valence-corrected chi connectivity index (χ1v) is 4.16. The molecule has 1 aliphatic heterocycles. The van der Waals surface area contributed by atoms with Gasteiger partial charge in [-0.1, -0.05) is 0 Å². The molecule has 2 heterocycles. The summed E-state index contributed by atoms with van der Waals surface area (Å²) in [4.78, 5) is 0. The second kappa shape index (κ2) is 2.66. The molecule has 0 amide bonds. The Morgan fingerprint density at radius 2 is 2.64 bits per heavy atom. The molecule has 1 aromatic rings. The van der Waals surface area contributed by atoms with Crippen LogP contribution in [0.1, 0.15) is 24.9 Å². The van der Waals surface area contributed by atoms with Crippen molar-refractivity contribution in [3.05, 3.63) is 18.0 Å². The summed E-state index contributed by atoms with van der Waals surface area (Å²) in [5.74, 6) is 0. The highest BCUT2D eigenvalue weighted by atomic mass is 15.3. The van der Waals surface area contributed by atoms with E-state index in [1.807, 2.05) is 10.9 Å². The molecule has 3 heteroatoms. The third-order valence-corrected chi connectivity index (χ3v) is 2.20. The van der Waals surface area contributed by atoms with Crippen molar-refractivity contribution in [3.63, 3.8) is 0 Å². The molecule has 2 rings (SSSR count). The topological polar surface area (TPSA) is 29.9 Å². The molecule has 1 saturated heterocycles. The number of nitrogens with zero attached hydrogens (tertiary/aromatic N) is 2. The zero-order chi connectivity index (χ0) is 7.68. The van der Waals surface area contributed by atoms with Gasteiger partial charge in [-0.3, -0.25) is 4.68 Å². The average molecular weight is 151 g/mol. The Hall–Kier alpha value is -0.830. The minimum atomic E-state index is 0.579. The van der Waals surface area contributed by atoms with Gasteiger partial charge >= 0.3 is 0 Å². The van der Waals surface area contributed by atoms with E-state index in [9.17, 15) is 0 Å². The first kappa shape index (κ1) is 6.85. The van der Waals surface area contributed by atoms with Crippen molar-refractivity contribution < 1.29 is 0 Å². The maximum atomic E-state index is 4.21. The molecule has 0 saturated carbocycles. The van der Waals surface area contributed by atoms with Crippen molar-refractivity contribution in [1.82, 2.24) is 15.1 Å². The van der Waals surface area contributed by atoms with E-state index >= 15 is 0 Å². The van der Waals surface area contributed by atoms with E-state index in [4.69, 9.17) is 0 Å². The molecule has 1 unspecified atom stereocenters. The van der Waals surface area contributed by atoms with Crippen LogP contribution in [0.3, 0.4) is 0 Å². The number of aryl methyl sites for hydroxylation is 1. The van der Waals surface area contributed by atoms with E-state index in [1.165, 1.54) is 12.0 Å². The van der Waals surface area contributed by atoms with E-state index < -0.39 is 0 Å². The normalized spacial score (nSPS) is 23.2. The SMILES string of the molecule is CCn1cc(C2CCN2)cn1. The van der Waals surface area contributed by atoms with Crippen LogP contribution in [0.15, 0.2) is 12.4 Å². The van der Waals surface area contributed by atoms with Crippen molar-refractivity contribution in [3.8, 4) is 0 Å². The van der Waals surface area contributed by atoms with Gasteiger partial charge in [0.1, 0.15) is 0 Å². The summed E-state index contributed by atoms with van der Waals surface area (Å²) >= 11 is 0. The molecule has 0 aliphatic carbocycles. The molecule has 1 N–H and O–H groups in total. The van der Waals surface area contributed by atoms with Crippen molar-refractivity contribution in [1.29, 1.82) is 0 Å². The fraction of sp³-hybridized carbons (Fsp3) is 0.625. The van der Waals surface area contributed by atoms with E-state index in [0.29, 0.717) is 6.04 Å². The van der Waals surface area contributed by atoms with Crippen LogP contribution in [-0.2, 0) is 6.54 Å². The Kier molecular flexibility index (Phi) is 1.66. The van der Waals surface area contributed by atoms with E-state index in [2.05, 4.69) is 23.5 Å². The minimum absolute atomic E-state index is 0.579. The molecular weight excluding hydrogens is 138 g/mol. The Balaban J connectivity index is 2.11. The van der Waals surface area contributed by atoms with Crippen molar-refractivity contribution in [2.24, 2.45) is 0 Å². The summed E-state index contributed by atoms with van der Waals surface area (Å²) in [5, 5.41) is 7.56. The Bertz CT molecular complexity index is 237. The molecular formula is C8H13N3. The van der Waals surface area contributed by atoms with Crippen LogP contribution in [0.4, 0.5) is 0 Å². The van der Waals surface area contributed by atoms with Gasteiger partial charge in [-0.25, -0.2) is 0 Å². The first-order valence-electron chi connectivity index (χ1n) is 4.16. The average Bonchev–Trinajstić information content (AvgIpc) is 2.32. The molecule has 60 valence electrons. The lowest BCUT2D eigenvalue weighted by molar-refractivity contribution is 0.383. The zero-order valence-corrected chi connectivity index (χ0v) is 6.75. The van der Waals surface area contributed by atoms with E-state index in [-0.39, 0.29) is 0 Å². The molecule has 1 fully saturated rings. The predicted molar refractivity (Wildman–Crippen MR) is 43.3 cm³/mol. The van der Waals surface area contributed by atoms with Crippen molar-refractivity contribution in [2.45, 2.75) is 25.9 Å². The zero-order valence-electron chi connectivity index (χ0n) is 6.75. The smallest absolute Gasteiger partial charge is 0.0537 e. The van der Waals surface area contributed by atoms with Crippen LogP contribution in [0, 0.1) is 0 Å². The van der Waals surface area contributed by atoms with Gasteiger partial charge in [-0.05, 0) is 19.9 Å². The number of nitrogens with one attached hydrogen (secondary N) is 1. The second-order valence-electron chi connectivity index (χ2n) is 2.92. The lowest BCUT2D eigenvalue weighted by Gasteiger charge is -2.26. The van der Waals surface area contributed by atoms with Gasteiger partial charge in [0.2, 0.25) is 0 Å². The number of hydrogen-bond donors (Lipinski definition) is 1. The van der Waals surface area contributed by atoms with Gasteiger partial charge in [0.25, 0.3) is 0 Å². The third kappa shape index (κ3) is 1.16. The first-order chi connectivity index (χ1) is 5.40. The Labute approximate surface area is 66.4 Å². The molecule has 0 aromatic carbocycles. The molecule has 0 bridgehead atoms. The Morgan fingerprint density at radius 1 is 1.82 bits per heavy atom. The predicted octanol–water partition coefficient (Wildman–Crippen LogP) is 0.937. The maximum absolute atomic E-state index is 4.21. The summed E-state index contributed by atoms with van der Waals surface area (Å²) in [6.45, 7) is 4.22. The largest absolute Gasteiger partial charge is 0.310 e. The van der Waals surface area contributed by atoms with Crippen LogP contribution in [0.2, 0.25) is 0 Å². The molecule has 3 nitrogen and oxygen atoms in total. The standard InChI is InChI=1S/C8H13N3/c1-2-11-6-7(5-10-11)8-3-4-9-8/h5-6,8-9H,2-4H2,1H3. The van der Waals surface area contributed by atoms with Gasteiger partial charge in [0.05, 0.1) is 6.20 Å².